The van der Waals surface area contributed by atoms with Crippen LogP contribution in [0.1, 0.15) is 6.92 Å². The minimum absolute atomic E-state index is 0.387. The molecule has 0 aromatic carbocycles. The largest absolute Gasteiger partial charge is 0.478 e. The minimum Gasteiger partial charge on any atom is -0.478 e. The van der Waals surface area contributed by atoms with Crippen LogP contribution >= 0.6 is 11.8 Å². The maximum Gasteiger partial charge on any atom is 0.331 e. The molecule has 0 aliphatic rings. The summed E-state index contributed by atoms with van der Waals surface area (Å²) in [5.41, 5.74) is 0.387. The molecule has 0 atom stereocenters. The topological polar surface area (TPSA) is 37.3 Å². The fourth-order valence-corrected chi connectivity index (χ4v) is 0.682. The lowest BCUT2D eigenvalue weighted by molar-refractivity contribution is -0.132. The van der Waals surface area contributed by atoms with Crippen molar-refractivity contribution >= 4 is 17.7 Å². The Bertz CT molecular complexity index is 118. The fourth-order valence-electron chi connectivity index (χ4n) is 0.227. The molecule has 0 bridgehead atoms. The summed E-state index contributed by atoms with van der Waals surface area (Å²) in [7, 11) is 0. The van der Waals surface area contributed by atoms with Gasteiger partial charge >= 0.3 is 5.97 Å². The summed E-state index contributed by atoms with van der Waals surface area (Å²) in [6, 6.07) is 0. The number of aliphatic carboxylic acids is 1. The van der Waals surface area contributed by atoms with Crippen LogP contribution in [0.15, 0.2) is 11.0 Å². The predicted octanol–water partition coefficient (Wildman–Crippen LogP) is 1.34. The second kappa shape index (κ2) is 3.55. The van der Waals surface area contributed by atoms with E-state index in [4.69, 9.17) is 5.11 Å². The van der Waals surface area contributed by atoms with E-state index in [1.807, 2.05) is 6.26 Å². The standard InChI is InChI=1S/C5H8O2S/c1-4(3-8-2)5(6)7/h3H,1-2H3,(H,6,7). The average Bonchev–Trinajstić information content (AvgIpc) is 1.67. The van der Waals surface area contributed by atoms with Gasteiger partial charge in [0, 0.05) is 5.57 Å². The number of carboxylic acid groups (broad SMARTS) is 1. The molecular weight excluding hydrogens is 124 g/mol. The van der Waals surface area contributed by atoms with Crippen molar-refractivity contribution in [3.8, 4) is 0 Å². The van der Waals surface area contributed by atoms with Crippen LogP contribution in [0, 0.1) is 0 Å². The van der Waals surface area contributed by atoms with Gasteiger partial charge in [0.05, 0.1) is 0 Å². The van der Waals surface area contributed by atoms with Gasteiger partial charge in [-0.2, -0.15) is 0 Å². The summed E-state index contributed by atoms with van der Waals surface area (Å²) in [4.78, 5) is 10.0. The van der Waals surface area contributed by atoms with Gasteiger partial charge < -0.3 is 5.11 Å². The van der Waals surface area contributed by atoms with Crippen molar-refractivity contribution in [1.29, 1.82) is 0 Å². The third-order valence-electron chi connectivity index (χ3n) is 0.632. The van der Waals surface area contributed by atoms with Crippen LogP contribution in [0.5, 0.6) is 0 Å². The van der Waals surface area contributed by atoms with Gasteiger partial charge in [-0.25, -0.2) is 4.79 Å². The van der Waals surface area contributed by atoms with E-state index in [2.05, 4.69) is 0 Å². The number of carbonyl (C=O) groups is 1. The van der Waals surface area contributed by atoms with Gasteiger partial charge in [0.1, 0.15) is 0 Å². The molecule has 8 heavy (non-hydrogen) atoms. The lowest BCUT2D eigenvalue weighted by Crippen LogP contribution is -1.94. The lowest BCUT2D eigenvalue weighted by Gasteiger charge is -1.86. The second-order valence-electron chi connectivity index (χ2n) is 1.34. The summed E-state index contributed by atoms with van der Waals surface area (Å²) in [5.74, 6) is -0.848. The van der Waals surface area contributed by atoms with Crippen LogP contribution in [0.4, 0.5) is 0 Å². The van der Waals surface area contributed by atoms with Crippen molar-refractivity contribution in [2.24, 2.45) is 0 Å². The van der Waals surface area contributed by atoms with Gasteiger partial charge in [0.25, 0.3) is 0 Å². The predicted molar refractivity (Wildman–Crippen MR) is 34.9 cm³/mol. The highest BCUT2D eigenvalue weighted by Crippen LogP contribution is 2.00. The molecule has 0 saturated carbocycles. The summed E-state index contributed by atoms with van der Waals surface area (Å²) in [5, 5.41) is 9.83. The highest BCUT2D eigenvalue weighted by atomic mass is 32.2. The first kappa shape index (κ1) is 7.56. The smallest absolute Gasteiger partial charge is 0.331 e. The first-order valence-corrected chi connectivity index (χ1v) is 3.40. The molecule has 0 fully saturated rings. The Morgan fingerprint density at radius 3 is 2.38 bits per heavy atom. The summed E-state index contributed by atoms with van der Waals surface area (Å²) in [6.07, 6.45) is 1.83. The molecule has 1 N–H and O–H groups in total. The van der Waals surface area contributed by atoms with Gasteiger partial charge in [-0.05, 0) is 18.6 Å². The van der Waals surface area contributed by atoms with E-state index in [0.717, 1.165) is 0 Å². The third kappa shape index (κ3) is 2.69. The van der Waals surface area contributed by atoms with Crippen LogP contribution in [-0.4, -0.2) is 17.3 Å². The van der Waals surface area contributed by atoms with Gasteiger partial charge in [0.2, 0.25) is 0 Å². The zero-order valence-electron chi connectivity index (χ0n) is 4.84. The number of hydrogen-bond acceptors (Lipinski definition) is 2. The van der Waals surface area contributed by atoms with E-state index in [1.54, 1.807) is 12.3 Å². The number of rotatable bonds is 2. The average molecular weight is 132 g/mol. The highest BCUT2D eigenvalue weighted by Gasteiger charge is 1.95. The Balaban J connectivity index is 3.80. The van der Waals surface area contributed by atoms with Crippen LogP contribution < -0.4 is 0 Å². The Morgan fingerprint density at radius 1 is 1.75 bits per heavy atom. The second-order valence-corrected chi connectivity index (χ2v) is 2.05. The Morgan fingerprint density at radius 2 is 2.25 bits per heavy atom. The molecule has 0 heterocycles. The maximum absolute atomic E-state index is 10.0. The Hall–Kier alpha value is -0.440. The van der Waals surface area contributed by atoms with Crippen molar-refractivity contribution in [1.82, 2.24) is 0 Å². The number of hydrogen-bond donors (Lipinski definition) is 1. The molecular formula is C5H8O2S. The van der Waals surface area contributed by atoms with E-state index in [0.29, 0.717) is 5.57 Å². The van der Waals surface area contributed by atoms with E-state index in [9.17, 15) is 4.79 Å². The third-order valence-corrected chi connectivity index (χ3v) is 1.22. The summed E-state index contributed by atoms with van der Waals surface area (Å²) in [6.45, 7) is 1.57. The van der Waals surface area contributed by atoms with Crippen LogP contribution in [0.2, 0.25) is 0 Å². The number of carboxylic acids is 1. The monoisotopic (exact) mass is 132 g/mol. The van der Waals surface area contributed by atoms with E-state index < -0.39 is 5.97 Å². The number of thioether (sulfide) groups is 1. The SMILES string of the molecule is CSC=C(C)C(=O)O. The fraction of sp³-hybridized carbons (Fsp3) is 0.400. The van der Waals surface area contributed by atoms with Crippen LogP contribution in [0.25, 0.3) is 0 Å². The molecule has 0 saturated heterocycles. The van der Waals surface area contributed by atoms with E-state index in [-0.39, 0.29) is 0 Å². The lowest BCUT2D eigenvalue weighted by atomic mass is 10.4. The minimum atomic E-state index is -0.848. The quantitative estimate of drug-likeness (QED) is 0.576. The Kier molecular flexibility index (Phi) is 3.35. The van der Waals surface area contributed by atoms with Gasteiger partial charge in [-0.15, -0.1) is 11.8 Å². The highest BCUT2D eigenvalue weighted by molar-refractivity contribution is 8.01. The summed E-state index contributed by atoms with van der Waals surface area (Å²) >= 11 is 1.40. The molecule has 0 amide bonds. The van der Waals surface area contributed by atoms with Crippen LogP contribution in [0.3, 0.4) is 0 Å². The van der Waals surface area contributed by atoms with Gasteiger partial charge in [-0.3, -0.25) is 0 Å². The molecule has 0 spiro atoms. The van der Waals surface area contributed by atoms with Crippen molar-refractivity contribution in [3.05, 3.63) is 11.0 Å². The van der Waals surface area contributed by atoms with Crippen molar-refractivity contribution in [3.63, 3.8) is 0 Å². The molecule has 46 valence electrons. The zero-order chi connectivity index (χ0) is 6.57. The van der Waals surface area contributed by atoms with Crippen molar-refractivity contribution in [2.45, 2.75) is 6.92 Å². The molecule has 3 heteroatoms. The van der Waals surface area contributed by atoms with Crippen molar-refractivity contribution < 1.29 is 9.90 Å². The maximum atomic E-state index is 10.0. The molecule has 2 nitrogen and oxygen atoms in total. The molecule has 0 aromatic rings. The first-order chi connectivity index (χ1) is 3.68. The molecule has 0 rings (SSSR count). The van der Waals surface area contributed by atoms with Gasteiger partial charge in [-0.1, -0.05) is 0 Å². The molecule has 0 unspecified atom stereocenters. The zero-order valence-corrected chi connectivity index (χ0v) is 5.66. The van der Waals surface area contributed by atoms with Gasteiger partial charge in [0.15, 0.2) is 0 Å². The molecule has 0 aromatic heterocycles. The molecule has 0 aliphatic carbocycles. The first-order valence-electron chi connectivity index (χ1n) is 2.11. The summed E-state index contributed by atoms with van der Waals surface area (Å²) < 4.78 is 0. The van der Waals surface area contributed by atoms with E-state index in [1.165, 1.54) is 11.8 Å². The van der Waals surface area contributed by atoms with Crippen LogP contribution in [-0.2, 0) is 4.79 Å². The normalized spacial score (nSPS) is 11.5. The molecule has 0 radical (unpaired) electrons. The molecule has 0 aliphatic heterocycles. The van der Waals surface area contributed by atoms with E-state index >= 15 is 0 Å². The Labute approximate surface area is 52.6 Å². The van der Waals surface area contributed by atoms with Crippen molar-refractivity contribution in [2.75, 3.05) is 6.26 Å².